The summed E-state index contributed by atoms with van der Waals surface area (Å²) in [6.45, 7) is 2.06. The first-order valence-corrected chi connectivity index (χ1v) is 6.40. The van der Waals surface area contributed by atoms with Crippen molar-refractivity contribution in [3.8, 4) is 0 Å². The van der Waals surface area contributed by atoms with Crippen LogP contribution in [0.5, 0.6) is 0 Å². The lowest BCUT2D eigenvalue weighted by atomic mass is 10.0. The van der Waals surface area contributed by atoms with Gasteiger partial charge in [0.25, 0.3) is 0 Å². The van der Waals surface area contributed by atoms with Gasteiger partial charge in [-0.05, 0) is 53.8 Å². The third kappa shape index (κ3) is 2.68. The average Bonchev–Trinajstić information content (AvgIpc) is 2.79. The fourth-order valence-corrected chi connectivity index (χ4v) is 2.48. The van der Waals surface area contributed by atoms with Gasteiger partial charge in [0.05, 0.1) is 5.69 Å². The number of hydrogen-bond donors (Lipinski definition) is 1. The first-order chi connectivity index (χ1) is 7.77. The number of aryl methyl sites for hydroxylation is 2. The zero-order valence-corrected chi connectivity index (χ0v) is 10.2. The van der Waals surface area contributed by atoms with E-state index in [1.54, 1.807) is 11.3 Å². The quantitative estimate of drug-likeness (QED) is 0.879. The molecule has 0 fully saturated rings. The third-order valence-electron chi connectivity index (χ3n) is 2.73. The van der Waals surface area contributed by atoms with Crippen molar-refractivity contribution in [1.29, 1.82) is 0 Å². The lowest BCUT2D eigenvalue weighted by Gasteiger charge is -2.12. The predicted molar refractivity (Wildman–Crippen MR) is 68.5 cm³/mol. The Morgan fingerprint density at radius 1 is 1.44 bits per heavy atom. The number of thiophene rings is 1. The molecule has 2 rings (SSSR count). The van der Waals surface area contributed by atoms with Crippen molar-refractivity contribution in [3.63, 3.8) is 0 Å². The van der Waals surface area contributed by atoms with E-state index < -0.39 is 0 Å². The first-order valence-electron chi connectivity index (χ1n) is 5.45. The lowest BCUT2D eigenvalue weighted by molar-refractivity contribution is 0.630. The van der Waals surface area contributed by atoms with Gasteiger partial charge in [-0.1, -0.05) is 6.07 Å². The van der Waals surface area contributed by atoms with Crippen molar-refractivity contribution >= 4 is 11.3 Å². The van der Waals surface area contributed by atoms with E-state index in [2.05, 4.69) is 34.8 Å². The molecule has 0 spiro atoms. The lowest BCUT2D eigenvalue weighted by Crippen LogP contribution is -2.14. The highest BCUT2D eigenvalue weighted by Gasteiger charge is 2.09. The van der Waals surface area contributed by atoms with Crippen LogP contribution in [0.15, 0.2) is 35.2 Å². The standard InChI is InChI=1S/C13H16N2S/c1-10-3-2-7-15-13(10)12(14)5-4-11-6-8-16-9-11/h2-3,6-9,12H,4-5,14H2,1H3. The molecule has 0 bridgehead atoms. The van der Waals surface area contributed by atoms with E-state index in [-0.39, 0.29) is 6.04 Å². The molecule has 2 aromatic rings. The number of pyridine rings is 1. The summed E-state index contributed by atoms with van der Waals surface area (Å²) in [5.74, 6) is 0. The van der Waals surface area contributed by atoms with Gasteiger partial charge in [-0.15, -0.1) is 0 Å². The second-order valence-electron chi connectivity index (χ2n) is 3.98. The molecule has 0 amide bonds. The molecule has 1 unspecified atom stereocenters. The van der Waals surface area contributed by atoms with Gasteiger partial charge in [0.15, 0.2) is 0 Å². The molecule has 16 heavy (non-hydrogen) atoms. The van der Waals surface area contributed by atoms with Gasteiger partial charge >= 0.3 is 0 Å². The van der Waals surface area contributed by atoms with Crippen molar-refractivity contribution in [2.24, 2.45) is 5.73 Å². The van der Waals surface area contributed by atoms with Crippen molar-refractivity contribution in [2.75, 3.05) is 0 Å². The van der Waals surface area contributed by atoms with Crippen LogP contribution in [-0.2, 0) is 6.42 Å². The smallest absolute Gasteiger partial charge is 0.0600 e. The Balaban J connectivity index is 1.98. The number of nitrogens with zero attached hydrogens (tertiary/aromatic N) is 1. The topological polar surface area (TPSA) is 38.9 Å². The molecule has 3 heteroatoms. The fraction of sp³-hybridized carbons (Fsp3) is 0.308. The van der Waals surface area contributed by atoms with E-state index in [1.807, 2.05) is 12.3 Å². The van der Waals surface area contributed by atoms with E-state index >= 15 is 0 Å². The van der Waals surface area contributed by atoms with Crippen molar-refractivity contribution in [3.05, 3.63) is 52.0 Å². The zero-order valence-electron chi connectivity index (χ0n) is 9.39. The monoisotopic (exact) mass is 232 g/mol. The molecule has 0 aromatic carbocycles. The van der Waals surface area contributed by atoms with E-state index in [4.69, 9.17) is 5.73 Å². The van der Waals surface area contributed by atoms with E-state index in [1.165, 1.54) is 11.1 Å². The maximum atomic E-state index is 6.15. The molecule has 2 aromatic heterocycles. The van der Waals surface area contributed by atoms with Crippen LogP contribution in [0.4, 0.5) is 0 Å². The van der Waals surface area contributed by atoms with E-state index in [9.17, 15) is 0 Å². The number of hydrogen-bond acceptors (Lipinski definition) is 3. The summed E-state index contributed by atoms with van der Waals surface area (Å²) in [6.07, 6.45) is 3.79. The summed E-state index contributed by atoms with van der Waals surface area (Å²) in [4.78, 5) is 4.36. The predicted octanol–water partition coefficient (Wildman–Crippen LogP) is 3.08. The highest BCUT2D eigenvalue weighted by Crippen LogP contribution is 2.18. The number of aromatic nitrogens is 1. The van der Waals surface area contributed by atoms with Gasteiger partial charge in [0, 0.05) is 12.2 Å². The van der Waals surface area contributed by atoms with Crippen molar-refractivity contribution < 1.29 is 0 Å². The van der Waals surface area contributed by atoms with Crippen LogP contribution in [0.3, 0.4) is 0 Å². The Kier molecular flexibility index (Phi) is 3.70. The molecule has 0 radical (unpaired) electrons. The van der Waals surface area contributed by atoms with E-state index in [0.29, 0.717) is 0 Å². The average molecular weight is 232 g/mol. The SMILES string of the molecule is Cc1cccnc1C(N)CCc1ccsc1. The molecule has 0 saturated heterocycles. The molecule has 2 N–H and O–H groups in total. The molecule has 0 saturated carbocycles. The van der Waals surface area contributed by atoms with Crippen LogP contribution < -0.4 is 5.73 Å². The van der Waals surface area contributed by atoms with Crippen molar-refractivity contribution in [1.82, 2.24) is 4.98 Å². The van der Waals surface area contributed by atoms with Gasteiger partial charge in [-0.3, -0.25) is 4.98 Å². The van der Waals surface area contributed by atoms with Crippen LogP contribution in [0.2, 0.25) is 0 Å². The molecule has 1 atom stereocenters. The number of nitrogens with two attached hydrogens (primary N) is 1. The van der Waals surface area contributed by atoms with Crippen LogP contribution in [-0.4, -0.2) is 4.98 Å². The van der Waals surface area contributed by atoms with Crippen molar-refractivity contribution in [2.45, 2.75) is 25.8 Å². The summed E-state index contributed by atoms with van der Waals surface area (Å²) in [6, 6.07) is 6.21. The maximum absolute atomic E-state index is 6.15. The Morgan fingerprint density at radius 3 is 3.00 bits per heavy atom. The van der Waals surface area contributed by atoms with Gasteiger partial charge in [0.1, 0.15) is 0 Å². The molecule has 0 aliphatic carbocycles. The van der Waals surface area contributed by atoms with Gasteiger partial charge in [0.2, 0.25) is 0 Å². The highest BCUT2D eigenvalue weighted by atomic mass is 32.1. The zero-order chi connectivity index (χ0) is 11.4. The molecule has 0 aliphatic rings. The van der Waals surface area contributed by atoms with Crippen LogP contribution in [0.1, 0.15) is 29.3 Å². The second kappa shape index (κ2) is 5.23. The van der Waals surface area contributed by atoms with Crippen LogP contribution in [0, 0.1) is 6.92 Å². The summed E-state index contributed by atoms with van der Waals surface area (Å²) in [7, 11) is 0. The third-order valence-corrected chi connectivity index (χ3v) is 3.46. The molecule has 84 valence electrons. The summed E-state index contributed by atoms with van der Waals surface area (Å²) >= 11 is 1.73. The summed E-state index contributed by atoms with van der Waals surface area (Å²) in [5.41, 5.74) is 9.73. The summed E-state index contributed by atoms with van der Waals surface area (Å²) < 4.78 is 0. The minimum atomic E-state index is 0.0427. The fourth-order valence-electron chi connectivity index (χ4n) is 1.78. The first kappa shape index (κ1) is 11.3. The van der Waals surface area contributed by atoms with Gasteiger partial charge in [-0.25, -0.2) is 0 Å². The van der Waals surface area contributed by atoms with Gasteiger partial charge in [-0.2, -0.15) is 11.3 Å². The maximum Gasteiger partial charge on any atom is 0.0600 e. The number of rotatable bonds is 4. The minimum absolute atomic E-state index is 0.0427. The Labute approximate surface area is 100 Å². The molecule has 2 heterocycles. The van der Waals surface area contributed by atoms with Crippen LogP contribution >= 0.6 is 11.3 Å². The highest BCUT2D eigenvalue weighted by molar-refractivity contribution is 7.07. The Morgan fingerprint density at radius 2 is 2.31 bits per heavy atom. The largest absolute Gasteiger partial charge is 0.323 e. The van der Waals surface area contributed by atoms with Gasteiger partial charge < -0.3 is 5.73 Å². The second-order valence-corrected chi connectivity index (χ2v) is 4.76. The Hall–Kier alpha value is -1.19. The van der Waals surface area contributed by atoms with Crippen LogP contribution in [0.25, 0.3) is 0 Å². The molecular formula is C13H16N2S. The minimum Gasteiger partial charge on any atom is -0.323 e. The molecule has 0 aliphatic heterocycles. The summed E-state index contributed by atoms with van der Waals surface area (Å²) in [5, 5.41) is 4.28. The Bertz CT molecular complexity index is 437. The molecule has 2 nitrogen and oxygen atoms in total. The normalized spacial score (nSPS) is 12.6. The van der Waals surface area contributed by atoms with E-state index in [0.717, 1.165) is 18.5 Å². The molecular weight excluding hydrogens is 216 g/mol.